The zero-order valence-corrected chi connectivity index (χ0v) is 11.2. The number of nitrogens with one attached hydrogen (secondary N) is 1. The summed E-state index contributed by atoms with van der Waals surface area (Å²) in [6.07, 6.45) is 2.48. The first-order chi connectivity index (χ1) is 8.72. The smallest absolute Gasteiger partial charge is 0.126 e. The van der Waals surface area contributed by atoms with E-state index in [0.717, 1.165) is 12.8 Å². The average molecular weight is 254 g/mol. The van der Waals surface area contributed by atoms with E-state index in [2.05, 4.69) is 12.3 Å². The second-order valence-corrected chi connectivity index (χ2v) is 4.35. The lowest BCUT2D eigenvalue weighted by molar-refractivity contribution is 0.0280. The highest BCUT2D eigenvalue weighted by molar-refractivity contribution is 5.18. The van der Waals surface area contributed by atoms with Gasteiger partial charge in [0.1, 0.15) is 5.82 Å². The third kappa shape index (κ3) is 4.37. The van der Waals surface area contributed by atoms with Gasteiger partial charge in [-0.3, -0.25) is 11.3 Å². The fraction of sp³-hybridized carbons (Fsp3) is 0.571. The number of nitrogens with two attached hydrogens (primary N) is 1. The van der Waals surface area contributed by atoms with Gasteiger partial charge in [0.25, 0.3) is 0 Å². The van der Waals surface area contributed by atoms with Crippen molar-refractivity contribution in [1.29, 1.82) is 0 Å². The molecule has 1 aromatic carbocycles. The molecule has 4 heteroatoms. The van der Waals surface area contributed by atoms with E-state index in [0.29, 0.717) is 18.6 Å². The van der Waals surface area contributed by atoms with Crippen molar-refractivity contribution >= 4 is 0 Å². The van der Waals surface area contributed by atoms with E-state index in [1.807, 2.05) is 13.0 Å². The van der Waals surface area contributed by atoms with Crippen molar-refractivity contribution in [2.75, 3.05) is 6.61 Å². The second-order valence-electron chi connectivity index (χ2n) is 4.35. The summed E-state index contributed by atoms with van der Waals surface area (Å²) < 4.78 is 19.3. The van der Waals surface area contributed by atoms with Crippen LogP contribution in [0.5, 0.6) is 0 Å². The maximum absolute atomic E-state index is 13.6. The van der Waals surface area contributed by atoms with E-state index in [4.69, 9.17) is 10.6 Å². The van der Waals surface area contributed by atoms with Crippen LogP contribution < -0.4 is 11.3 Å². The fourth-order valence-electron chi connectivity index (χ4n) is 2.10. The standard InChI is InChI=1S/C14H23FN2O/c1-3-7-14(18-4-2)13(17-16)10-11-8-5-6-9-12(11)15/h5-6,8-9,13-14,17H,3-4,7,10,16H2,1-2H3. The number of halogens is 1. The molecule has 0 aliphatic heterocycles. The van der Waals surface area contributed by atoms with E-state index in [1.165, 1.54) is 6.07 Å². The minimum absolute atomic E-state index is 0.0182. The van der Waals surface area contributed by atoms with E-state index in [9.17, 15) is 4.39 Å². The van der Waals surface area contributed by atoms with Gasteiger partial charge in [-0.15, -0.1) is 0 Å². The molecule has 1 aromatic rings. The van der Waals surface area contributed by atoms with Gasteiger partial charge in [0.15, 0.2) is 0 Å². The molecule has 18 heavy (non-hydrogen) atoms. The third-order valence-electron chi connectivity index (χ3n) is 3.01. The van der Waals surface area contributed by atoms with Gasteiger partial charge in [-0.2, -0.15) is 0 Å². The Morgan fingerprint density at radius 1 is 1.33 bits per heavy atom. The van der Waals surface area contributed by atoms with E-state index >= 15 is 0 Å². The van der Waals surface area contributed by atoms with E-state index in [1.54, 1.807) is 12.1 Å². The number of rotatable bonds is 8. The predicted molar refractivity (Wildman–Crippen MR) is 71.5 cm³/mol. The van der Waals surface area contributed by atoms with Crippen LogP contribution in [0.2, 0.25) is 0 Å². The molecule has 102 valence electrons. The summed E-state index contributed by atoms with van der Waals surface area (Å²) in [5.41, 5.74) is 3.42. The Kier molecular flexibility index (Phi) is 6.86. The molecule has 0 fully saturated rings. The fourth-order valence-corrected chi connectivity index (χ4v) is 2.10. The first kappa shape index (κ1) is 15.1. The van der Waals surface area contributed by atoms with Crippen molar-refractivity contribution in [2.24, 2.45) is 5.84 Å². The Balaban J connectivity index is 2.73. The SMILES string of the molecule is CCCC(OCC)C(Cc1ccccc1F)NN. The second kappa shape index (κ2) is 8.19. The highest BCUT2D eigenvalue weighted by Gasteiger charge is 2.21. The molecule has 1 rings (SSSR count). The molecule has 0 aliphatic rings. The van der Waals surface area contributed by atoms with Gasteiger partial charge in [0.2, 0.25) is 0 Å². The first-order valence-corrected chi connectivity index (χ1v) is 6.54. The summed E-state index contributed by atoms with van der Waals surface area (Å²) in [5, 5.41) is 0. The number of hydrazine groups is 1. The quantitative estimate of drug-likeness (QED) is 0.553. The molecule has 0 spiro atoms. The van der Waals surface area contributed by atoms with E-state index in [-0.39, 0.29) is 18.0 Å². The van der Waals surface area contributed by atoms with Crippen LogP contribution in [-0.4, -0.2) is 18.8 Å². The topological polar surface area (TPSA) is 47.3 Å². The highest BCUT2D eigenvalue weighted by Crippen LogP contribution is 2.15. The third-order valence-corrected chi connectivity index (χ3v) is 3.01. The Morgan fingerprint density at radius 3 is 2.61 bits per heavy atom. The van der Waals surface area contributed by atoms with Crippen LogP contribution in [0.4, 0.5) is 4.39 Å². The van der Waals surface area contributed by atoms with Crippen LogP contribution in [0.25, 0.3) is 0 Å². The highest BCUT2D eigenvalue weighted by atomic mass is 19.1. The summed E-state index contributed by atoms with van der Waals surface area (Å²) in [5.74, 6) is 5.39. The summed E-state index contributed by atoms with van der Waals surface area (Å²) >= 11 is 0. The van der Waals surface area contributed by atoms with Gasteiger partial charge in [-0.1, -0.05) is 31.5 Å². The molecule has 0 aliphatic carbocycles. The molecule has 0 radical (unpaired) electrons. The minimum atomic E-state index is -0.190. The number of hydrogen-bond donors (Lipinski definition) is 2. The normalized spacial score (nSPS) is 14.4. The van der Waals surface area contributed by atoms with Gasteiger partial charge < -0.3 is 4.74 Å². The number of ether oxygens (including phenoxy) is 1. The van der Waals surface area contributed by atoms with Crippen LogP contribution in [0.15, 0.2) is 24.3 Å². The molecule has 0 amide bonds. The molecule has 0 saturated carbocycles. The Bertz CT molecular complexity index is 340. The van der Waals surface area contributed by atoms with Crippen molar-refractivity contribution in [3.63, 3.8) is 0 Å². The van der Waals surface area contributed by atoms with Gasteiger partial charge >= 0.3 is 0 Å². The number of hydrogen-bond acceptors (Lipinski definition) is 3. The molecular formula is C14H23FN2O. The molecule has 2 atom stereocenters. The van der Waals surface area contributed by atoms with Crippen LogP contribution >= 0.6 is 0 Å². The largest absolute Gasteiger partial charge is 0.377 e. The van der Waals surface area contributed by atoms with Gasteiger partial charge in [0.05, 0.1) is 12.1 Å². The first-order valence-electron chi connectivity index (χ1n) is 6.54. The van der Waals surface area contributed by atoms with Crippen LogP contribution in [0.3, 0.4) is 0 Å². The monoisotopic (exact) mass is 254 g/mol. The molecular weight excluding hydrogens is 231 g/mol. The number of benzene rings is 1. The lowest BCUT2D eigenvalue weighted by atomic mass is 9.98. The van der Waals surface area contributed by atoms with Crippen LogP contribution in [-0.2, 0) is 11.2 Å². The summed E-state index contributed by atoms with van der Waals surface area (Å²) in [7, 11) is 0. The average Bonchev–Trinajstić information content (AvgIpc) is 2.38. The summed E-state index contributed by atoms with van der Waals surface area (Å²) in [4.78, 5) is 0. The molecule has 0 saturated heterocycles. The lowest BCUT2D eigenvalue weighted by Crippen LogP contribution is -2.46. The van der Waals surface area contributed by atoms with Gasteiger partial charge in [-0.05, 0) is 31.4 Å². The summed E-state index contributed by atoms with van der Waals surface area (Å²) in [6, 6.07) is 6.71. The minimum Gasteiger partial charge on any atom is -0.377 e. The maximum Gasteiger partial charge on any atom is 0.126 e. The molecule has 0 aromatic heterocycles. The molecule has 3 N–H and O–H groups in total. The van der Waals surface area contributed by atoms with Crippen LogP contribution in [0.1, 0.15) is 32.3 Å². The molecule has 2 unspecified atom stereocenters. The Morgan fingerprint density at radius 2 is 2.06 bits per heavy atom. The van der Waals surface area contributed by atoms with Crippen molar-refractivity contribution in [3.05, 3.63) is 35.6 Å². The van der Waals surface area contributed by atoms with Gasteiger partial charge in [0, 0.05) is 6.61 Å². The van der Waals surface area contributed by atoms with E-state index < -0.39 is 0 Å². The molecule has 3 nitrogen and oxygen atoms in total. The lowest BCUT2D eigenvalue weighted by Gasteiger charge is -2.26. The predicted octanol–water partition coefficient (Wildman–Crippen LogP) is 2.41. The van der Waals surface area contributed by atoms with Crippen molar-refractivity contribution < 1.29 is 9.13 Å². The Hall–Kier alpha value is -0.970. The van der Waals surface area contributed by atoms with Crippen LogP contribution in [0, 0.1) is 5.82 Å². The molecule has 0 bridgehead atoms. The van der Waals surface area contributed by atoms with Gasteiger partial charge in [-0.25, -0.2) is 4.39 Å². The van der Waals surface area contributed by atoms with Crippen molar-refractivity contribution in [1.82, 2.24) is 5.43 Å². The van der Waals surface area contributed by atoms with Crippen molar-refractivity contribution in [3.8, 4) is 0 Å². The summed E-state index contributed by atoms with van der Waals surface area (Å²) in [6.45, 7) is 4.70. The zero-order chi connectivity index (χ0) is 13.4. The maximum atomic E-state index is 13.6. The zero-order valence-electron chi connectivity index (χ0n) is 11.2. The molecule has 0 heterocycles. The Labute approximate surface area is 108 Å². The van der Waals surface area contributed by atoms with Crippen molar-refractivity contribution in [2.45, 2.75) is 45.3 Å².